The molecule has 1 heterocycles. The van der Waals surface area contributed by atoms with Gasteiger partial charge in [-0.3, -0.25) is 0 Å². The van der Waals surface area contributed by atoms with Gasteiger partial charge in [-0.15, -0.1) is 0 Å². The van der Waals surface area contributed by atoms with E-state index in [1.165, 1.54) is 105 Å². The number of rotatable bonds is 17. The maximum atomic E-state index is 2.29. The fraction of sp³-hybridized carbons (Fsp3) is 0.326. The maximum Gasteiger partial charge on any atom is 0.168 e. The Hall–Kier alpha value is -3.91. The Morgan fingerprint density at radius 1 is 0.356 bits per heavy atom. The standard InChI is InChI=1S/C24H20B.C19H34N/c1-5-13-21(14-6-1)25(22-15-7-2-8-16-22,23-17-9-3-10-18-23)24-19-11-4-12-20-24;1-2-3-4-5-6-7-8-9-10-11-12-14-17-20-18-15-13-16-19-20/h1-20H;13,15-16,18-19H,2-12,14,17H2,1H3/q-1;+1. The molecule has 234 valence electrons. The Labute approximate surface area is 274 Å². The number of hydrogen-bond donors (Lipinski definition) is 0. The third-order valence-corrected chi connectivity index (χ3v) is 9.25. The van der Waals surface area contributed by atoms with Crippen molar-refractivity contribution in [2.24, 2.45) is 0 Å². The smallest absolute Gasteiger partial charge is 0.168 e. The molecule has 4 aromatic carbocycles. The molecule has 0 fully saturated rings. The normalized spacial score (nSPS) is 11.0. The number of aryl methyl sites for hydroxylation is 1. The van der Waals surface area contributed by atoms with Crippen LogP contribution in [0.4, 0.5) is 0 Å². The first-order chi connectivity index (χ1) is 22.4. The Morgan fingerprint density at radius 2 is 0.644 bits per heavy atom. The summed E-state index contributed by atoms with van der Waals surface area (Å²) in [5, 5.41) is 0. The number of hydrogen-bond acceptors (Lipinski definition) is 0. The van der Waals surface area contributed by atoms with E-state index in [1.807, 2.05) is 0 Å². The second-order valence-corrected chi connectivity index (χ2v) is 12.5. The molecule has 1 nitrogen and oxygen atoms in total. The van der Waals surface area contributed by atoms with Crippen LogP contribution in [0.5, 0.6) is 0 Å². The molecule has 1 aromatic heterocycles. The van der Waals surface area contributed by atoms with Crippen molar-refractivity contribution in [1.82, 2.24) is 0 Å². The van der Waals surface area contributed by atoms with E-state index >= 15 is 0 Å². The van der Waals surface area contributed by atoms with Gasteiger partial charge in [0.25, 0.3) is 0 Å². The Balaban J connectivity index is 0.000000211. The van der Waals surface area contributed by atoms with Crippen LogP contribution in [0.3, 0.4) is 0 Å². The molecule has 0 N–H and O–H groups in total. The minimum atomic E-state index is -1.22. The lowest BCUT2D eigenvalue weighted by molar-refractivity contribution is -0.697. The van der Waals surface area contributed by atoms with Crippen LogP contribution in [0, 0.1) is 0 Å². The molecule has 0 radical (unpaired) electrons. The predicted molar refractivity (Wildman–Crippen MR) is 198 cm³/mol. The summed E-state index contributed by atoms with van der Waals surface area (Å²) in [6.45, 7) is 3.47. The minimum Gasteiger partial charge on any atom is -0.205 e. The van der Waals surface area contributed by atoms with Crippen LogP contribution >= 0.6 is 0 Å². The molecule has 45 heavy (non-hydrogen) atoms. The van der Waals surface area contributed by atoms with Crippen LogP contribution < -0.4 is 26.4 Å². The van der Waals surface area contributed by atoms with Crippen LogP contribution in [-0.4, -0.2) is 6.15 Å². The van der Waals surface area contributed by atoms with Crippen molar-refractivity contribution in [3.05, 3.63) is 152 Å². The van der Waals surface area contributed by atoms with E-state index in [-0.39, 0.29) is 0 Å². The van der Waals surface area contributed by atoms with Crippen molar-refractivity contribution < 1.29 is 4.57 Å². The number of nitrogens with zero attached hydrogens (tertiary/aromatic N) is 1. The highest BCUT2D eigenvalue weighted by atomic mass is 14.9. The summed E-state index contributed by atoms with van der Waals surface area (Å²) in [5.74, 6) is 0. The molecule has 0 aliphatic heterocycles. The predicted octanol–water partition coefficient (Wildman–Crippen LogP) is 8.74. The summed E-state index contributed by atoms with van der Waals surface area (Å²) in [6, 6.07) is 49.8. The molecule has 5 aromatic rings. The van der Waals surface area contributed by atoms with E-state index in [9.17, 15) is 0 Å². The first-order valence-electron chi connectivity index (χ1n) is 17.7. The molecule has 0 saturated heterocycles. The first kappa shape index (κ1) is 34.0. The summed E-state index contributed by atoms with van der Waals surface area (Å²) in [7, 11) is 0. The lowest BCUT2D eigenvalue weighted by Gasteiger charge is -2.44. The number of benzene rings is 4. The van der Waals surface area contributed by atoms with Crippen molar-refractivity contribution in [3.8, 4) is 0 Å². The van der Waals surface area contributed by atoms with Crippen molar-refractivity contribution in [1.29, 1.82) is 0 Å². The summed E-state index contributed by atoms with van der Waals surface area (Å²) >= 11 is 0. The molecular formula is C43H54BN. The van der Waals surface area contributed by atoms with E-state index in [2.05, 4.69) is 163 Å². The molecule has 0 atom stereocenters. The zero-order valence-corrected chi connectivity index (χ0v) is 27.7. The second kappa shape index (κ2) is 20.2. The number of unbranched alkanes of at least 4 members (excludes halogenated alkanes) is 11. The van der Waals surface area contributed by atoms with Gasteiger partial charge in [0.1, 0.15) is 12.7 Å². The van der Waals surface area contributed by atoms with Gasteiger partial charge in [-0.25, -0.2) is 4.57 Å². The lowest BCUT2D eigenvalue weighted by Crippen LogP contribution is -2.74. The van der Waals surface area contributed by atoms with Gasteiger partial charge in [0.15, 0.2) is 12.4 Å². The topological polar surface area (TPSA) is 3.88 Å². The molecule has 5 rings (SSSR count). The van der Waals surface area contributed by atoms with Gasteiger partial charge in [0.05, 0.1) is 0 Å². The van der Waals surface area contributed by atoms with Crippen molar-refractivity contribution in [3.63, 3.8) is 0 Å². The summed E-state index contributed by atoms with van der Waals surface area (Å²) in [4.78, 5) is 0. The second-order valence-electron chi connectivity index (χ2n) is 12.5. The largest absolute Gasteiger partial charge is 0.205 e. The lowest BCUT2D eigenvalue weighted by atomic mass is 9.13. The minimum absolute atomic E-state index is 1.18. The van der Waals surface area contributed by atoms with E-state index in [0.29, 0.717) is 0 Å². The summed E-state index contributed by atoms with van der Waals surface area (Å²) in [6.07, 6.45) is 20.2. The monoisotopic (exact) mass is 595 g/mol. The van der Waals surface area contributed by atoms with Crippen LogP contribution in [0.15, 0.2) is 152 Å². The van der Waals surface area contributed by atoms with Crippen molar-refractivity contribution in [2.75, 3.05) is 0 Å². The quantitative estimate of drug-likeness (QED) is 0.0575. The van der Waals surface area contributed by atoms with E-state index in [1.54, 1.807) is 0 Å². The Bertz CT molecular complexity index is 1240. The fourth-order valence-corrected chi connectivity index (χ4v) is 6.84. The molecule has 0 amide bonds. The number of aromatic nitrogens is 1. The molecular weight excluding hydrogens is 541 g/mol. The van der Waals surface area contributed by atoms with Crippen LogP contribution in [0.1, 0.15) is 84.0 Å². The molecule has 0 spiro atoms. The van der Waals surface area contributed by atoms with E-state index in [0.717, 1.165) is 0 Å². The third kappa shape index (κ3) is 10.6. The molecule has 0 bridgehead atoms. The molecule has 0 saturated carbocycles. The van der Waals surface area contributed by atoms with Crippen LogP contribution in [0.2, 0.25) is 0 Å². The van der Waals surface area contributed by atoms with Gasteiger partial charge in [0.2, 0.25) is 0 Å². The Morgan fingerprint density at radius 3 is 0.978 bits per heavy atom. The summed E-state index contributed by atoms with van der Waals surface area (Å²) in [5.41, 5.74) is 5.36. The zero-order chi connectivity index (χ0) is 31.3. The molecule has 0 unspecified atom stereocenters. The first-order valence-corrected chi connectivity index (χ1v) is 17.7. The maximum absolute atomic E-state index is 2.29. The molecule has 0 aliphatic carbocycles. The van der Waals surface area contributed by atoms with Crippen molar-refractivity contribution >= 4 is 28.0 Å². The average molecular weight is 596 g/mol. The van der Waals surface area contributed by atoms with Gasteiger partial charge in [-0.05, 0) is 6.42 Å². The highest BCUT2D eigenvalue weighted by Crippen LogP contribution is 2.12. The summed E-state index contributed by atoms with van der Waals surface area (Å²) < 4.78 is 2.29. The zero-order valence-electron chi connectivity index (χ0n) is 27.7. The SMILES string of the molecule is CCCCCCCCCCCCCC[n+]1ccccc1.c1ccc([B-](c2ccccc2)(c2ccccc2)c2ccccc2)cc1. The van der Waals surface area contributed by atoms with Gasteiger partial charge in [-0.2, -0.15) is 21.9 Å². The molecule has 0 aliphatic rings. The van der Waals surface area contributed by atoms with Crippen LogP contribution in [0.25, 0.3) is 0 Å². The van der Waals surface area contributed by atoms with E-state index in [4.69, 9.17) is 0 Å². The fourth-order valence-electron chi connectivity index (χ4n) is 6.84. The highest BCUT2D eigenvalue weighted by molar-refractivity contribution is 7.19. The van der Waals surface area contributed by atoms with E-state index < -0.39 is 6.15 Å². The van der Waals surface area contributed by atoms with Crippen molar-refractivity contribution in [2.45, 2.75) is 90.5 Å². The highest BCUT2D eigenvalue weighted by Gasteiger charge is 2.31. The van der Waals surface area contributed by atoms with Gasteiger partial charge >= 0.3 is 0 Å². The average Bonchev–Trinajstić information content (AvgIpc) is 3.12. The molecule has 2 heteroatoms. The van der Waals surface area contributed by atoms with Gasteiger partial charge < -0.3 is 0 Å². The third-order valence-electron chi connectivity index (χ3n) is 9.25. The van der Waals surface area contributed by atoms with Gasteiger partial charge in [0, 0.05) is 18.6 Å². The number of pyridine rings is 1. The van der Waals surface area contributed by atoms with Crippen LogP contribution in [-0.2, 0) is 6.54 Å². The Kier molecular flexibility index (Phi) is 15.2. The van der Waals surface area contributed by atoms with Gasteiger partial charge in [-0.1, -0.05) is 199 Å².